The molecule has 3 aromatic carbocycles. The molecule has 8 heteroatoms. The first-order chi connectivity index (χ1) is 14.8. The number of aromatic nitrogens is 4. The largest absolute Gasteiger partial charge is 0.301 e. The van der Waals surface area contributed by atoms with Gasteiger partial charge in [0.05, 0.1) is 16.0 Å². The lowest BCUT2D eigenvalue weighted by molar-refractivity contribution is -0.113. The topological polar surface area (TPSA) is 80.7 Å². The molecule has 2 aromatic heterocycles. The molecule has 0 fully saturated rings. The van der Waals surface area contributed by atoms with Crippen molar-refractivity contribution >= 4 is 55.1 Å². The van der Waals surface area contributed by atoms with Gasteiger partial charge < -0.3 is 5.32 Å². The van der Waals surface area contributed by atoms with Crippen LogP contribution in [0.1, 0.15) is 0 Å². The van der Waals surface area contributed by atoms with Crippen LogP contribution in [0.4, 0.5) is 5.13 Å². The van der Waals surface area contributed by atoms with Gasteiger partial charge in [0.2, 0.25) is 11.1 Å². The summed E-state index contributed by atoms with van der Waals surface area (Å²) in [5.41, 5.74) is 4.62. The molecule has 5 aromatic rings. The molecule has 0 spiro atoms. The zero-order valence-electron chi connectivity index (χ0n) is 15.5. The lowest BCUT2D eigenvalue weighted by atomic mass is 10.0. The van der Waals surface area contributed by atoms with Crippen LogP contribution in [0.25, 0.3) is 43.5 Å². The van der Waals surface area contributed by atoms with Crippen LogP contribution >= 0.6 is 23.1 Å². The van der Waals surface area contributed by atoms with Gasteiger partial charge in [-0.25, -0.2) is 9.97 Å². The summed E-state index contributed by atoms with van der Waals surface area (Å²) in [4.78, 5) is 21.5. The number of nitrogens with zero attached hydrogens (tertiary/aromatic N) is 4. The Balaban J connectivity index is 1.22. The van der Waals surface area contributed by atoms with Crippen molar-refractivity contribution in [1.29, 1.82) is 0 Å². The third kappa shape index (κ3) is 2.84. The van der Waals surface area contributed by atoms with E-state index in [2.05, 4.69) is 38.7 Å². The van der Waals surface area contributed by atoms with Crippen molar-refractivity contribution in [2.75, 3.05) is 11.1 Å². The number of benzene rings is 3. The molecule has 1 N–H and O–H groups in total. The van der Waals surface area contributed by atoms with Gasteiger partial charge >= 0.3 is 0 Å². The van der Waals surface area contributed by atoms with Crippen LogP contribution < -0.4 is 5.32 Å². The highest BCUT2D eigenvalue weighted by molar-refractivity contribution is 7.99. The normalized spacial score (nSPS) is 11.7. The number of carbonyl (C=O) groups excluding carboxylic acids is 1. The van der Waals surface area contributed by atoms with Gasteiger partial charge in [0.25, 0.3) is 0 Å². The van der Waals surface area contributed by atoms with Crippen molar-refractivity contribution < 1.29 is 4.79 Å². The van der Waals surface area contributed by atoms with E-state index in [0.717, 1.165) is 43.5 Å². The maximum absolute atomic E-state index is 12.4. The number of carbonyl (C=O) groups is 1. The van der Waals surface area contributed by atoms with Crippen LogP contribution in [0, 0.1) is 0 Å². The number of amides is 1. The number of thiazole rings is 1. The van der Waals surface area contributed by atoms with Crippen molar-refractivity contribution in [3.8, 4) is 22.5 Å². The van der Waals surface area contributed by atoms with Crippen LogP contribution in [0.5, 0.6) is 0 Å². The van der Waals surface area contributed by atoms with Crippen molar-refractivity contribution in [2.45, 2.75) is 5.16 Å². The van der Waals surface area contributed by atoms with E-state index in [9.17, 15) is 4.79 Å². The van der Waals surface area contributed by atoms with Crippen LogP contribution in [0.2, 0.25) is 0 Å². The molecule has 0 atom stereocenters. The van der Waals surface area contributed by atoms with Gasteiger partial charge in [0, 0.05) is 16.5 Å². The SMILES string of the molecule is O=C(CSc1nnc2c(n1)-c1cccc3cccc-2c13)Nc1nc2ccccc2s1. The van der Waals surface area contributed by atoms with Crippen LogP contribution in [0.15, 0.2) is 65.8 Å². The summed E-state index contributed by atoms with van der Waals surface area (Å²) in [6, 6.07) is 20.1. The van der Waals surface area contributed by atoms with Crippen LogP contribution in [0.3, 0.4) is 0 Å². The lowest BCUT2D eigenvalue weighted by Crippen LogP contribution is -2.14. The molecule has 1 amide bonds. The molecular weight excluding hydrogens is 414 g/mol. The van der Waals surface area contributed by atoms with E-state index in [1.165, 1.54) is 23.1 Å². The predicted octanol–water partition coefficient (Wildman–Crippen LogP) is 5.01. The molecule has 144 valence electrons. The molecule has 1 aliphatic carbocycles. The lowest BCUT2D eigenvalue weighted by Gasteiger charge is -2.03. The minimum absolute atomic E-state index is 0.145. The molecule has 0 bridgehead atoms. The number of thioether (sulfide) groups is 1. The van der Waals surface area contributed by atoms with Crippen molar-refractivity contribution in [1.82, 2.24) is 20.2 Å². The smallest absolute Gasteiger partial charge is 0.236 e. The maximum Gasteiger partial charge on any atom is 0.236 e. The Kier molecular flexibility index (Phi) is 4.00. The zero-order chi connectivity index (χ0) is 20.1. The number of rotatable bonds is 4. The summed E-state index contributed by atoms with van der Waals surface area (Å²) < 4.78 is 1.04. The maximum atomic E-state index is 12.4. The summed E-state index contributed by atoms with van der Waals surface area (Å²) in [7, 11) is 0. The van der Waals surface area contributed by atoms with E-state index in [1.807, 2.05) is 42.5 Å². The van der Waals surface area contributed by atoms with E-state index in [1.54, 1.807) is 0 Å². The summed E-state index contributed by atoms with van der Waals surface area (Å²) in [6.07, 6.45) is 0. The van der Waals surface area contributed by atoms with Crippen molar-refractivity contribution in [2.24, 2.45) is 0 Å². The molecule has 0 aliphatic heterocycles. The number of para-hydroxylation sites is 1. The Morgan fingerprint density at radius 3 is 2.53 bits per heavy atom. The van der Waals surface area contributed by atoms with Gasteiger partial charge in [-0.2, -0.15) is 0 Å². The highest BCUT2D eigenvalue weighted by Crippen LogP contribution is 2.44. The summed E-state index contributed by atoms with van der Waals surface area (Å²) >= 11 is 2.73. The van der Waals surface area contributed by atoms with E-state index < -0.39 is 0 Å². The summed E-state index contributed by atoms with van der Waals surface area (Å²) in [6.45, 7) is 0. The second-order valence-corrected chi connectivity index (χ2v) is 8.80. The standard InChI is InChI=1S/C22H13N5OS2/c28-17(24-21-23-15-9-1-2-10-16(15)30-21)11-29-22-25-19-13-7-3-5-12-6-4-8-14(18(12)13)20(19)26-27-22/h1-10H,11H2,(H,23,24,28). The number of hydrogen-bond donors (Lipinski definition) is 1. The summed E-state index contributed by atoms with van der Waals surface area (Å²) in [5, 5.41) is 14.9. The fourth-order valence-corrected chi connectivity index (χ4v) is 5.16. The van der Waals surface area contributed by atoms with Gasteiger partial charge in [-0.15, -0.1) is 10.2 Å². The third-order valence-corrected chi connectivity index (χ3v) is 6.74. The molecule has 1 aliphatic rings. The second kappa shape index (κ2) is 6.86. The average molecular weight is 428 g/mol. The number of fused-ring (bicyclic) bond motifs is 4. The number of anilines is 1. The quantitative estimate of drug-likeness (QED) is 0.398. The van der Waals surface area contributed by atoms with Gasteiger partial charge in [0.1, 0.15) is 11.4 Å². The fourth-order valence-electron chi connectivity index (χ4n) is 3.69. The molecule has 0 radical (unpaired) electrons. The van der Waals surface area contributed by atoms with Gasteiger partial charge in [-0.05, 0) is 17.5 Å². The van der Waals surface area contributed by atoms with Crippen molar-refractivity contribution in [3.05, 3.63) is 60.7 Å². The van der Waals surface area contributed by atoms with Gasteiger partial charge in [-0.1, -0.05) is 71.6 Å². The molecule has 6 rings (SSSR count). The Labute approximate surface area is 179 Å². The molecular formula is C22H13N5OS2. The Hall–Kier alpha value is -3.36. The average Bonchev–Trinajstić information content (AvgIpc) is 3.32. The Morgan fingerprint density at radius 1 is 0.900 bits per heavy atom. The predicted molar refractivity (Wildman–Crippen MR) is 121 cm³/mol. The zero-order valence-corrected chi connectivity index (χ0v) is 17.1. The van der Waals surface area contributed by atoms with E-state index in [4.69, 9.17) is 4.98 Å². The first kappa shape index (κ1) is 17.5. The molecule has 2 heterocycles. The van der Waals surface area contributed by atoms with E-state index >= 15 is 0 Å². The van der Waals surface area contributed by atoms with E-state index in [0.29, 0.717) is 10.3 Å². The molecule has 0 saturated heterocycles. The summed E-state index contributed by atoms with van der Waals surface area (Å²) in [5.74, 6) is 0.0432. The number of hydrogen-bond acceptors (Lipinski definition) is 7. The molecule has 30 heavy (non-hydrogen) atoms. The monoisotopic (exact) mass is 427 g/mol. The van der Waals surface area contributed by atoms with Crippen LogP contribution in [-0.4, -0.2) is 31.8 Å². The van der Waals surface area contributed by atoms with Gasteiger partial charge in [-0.3, -0.25) is 4.79 Å². The highest BCUT2D eigenvalue weighted by Gasteiger charge is 2.25. The highest BCUT2D eigenvalue weighted by atomic mass is 32.2. The molecule has 0 saturated carbocycles. The van der Waals surface area contributed by atoms with E-state index in [-0.39, 0.29) is 11.7 Å². The van der Waals surface area contributed by atoms with Crippen LogP contribution in [-0.2, 0) is 4.79 Å². The fraction of sp³-hybridized carbons (Fsp3) is 0.0455. The Morgan fingerprint density at radius 2 is 1.70 bits per heavy atom. The third-order valence-electron chi connectivity index (χ3n) is 4.95. The Bertz CT molecular complexity index is 1420. The first-order valence-corrected chi connectivity index (χ1v) is 11.1. The molecule has 0 unspecified atom stereocenters. The minimum Gasteiger partial charge on any atom is -0.301 e. The van der Waals surface area contributed by atoms with Gasteiger partial charge in [0.15, 0.2) is 5.13 Å². The molecule has 6 nitrogen and oxygen atoms in total. The van der Waals surface area contributed by atoms with Crippen molar-refractivity contribution in [3.63, 3.8) is 0 Å². The number of nitrogens with one attached hydrogen (secondary N) is 1. The first-order valence-electron chi connectivity index (χ1n) is 9.32. The second-order valence-electron chi connectivity index (χ2n) is 6.82. The minimum atomic E-state index is -0.145.